The first-order valence-corrected chi connectivity index (χ1v) is 28.3. The lowest BCUT2D eigenvalue weighted by Gasteiger charge is -2.44. The molecule has 0 aliphatic carbocycles. The lowest BCUT2D eigenvalue weighted by atomic mass is 9.97. The number of aromatic nitrogens is 2. The molecular weight excluding hydrogens is 749 g/mol. The summed E-state index contributed by atoms with van der Waals surface area (Å²) in [5, 5.41) is 3.63. The summed E-state index contributed by atoms with van der Waals surface area (Å²) in [6.07, 6.45) is 4.70. The molecule has 5 rings (SSSR count). The zero-order chi connectivity index (χ0) is 41.8. The molecule has 1 aromatic heterocycles. The number of nitrogens with zero attached hydrogens (tertiary/aromatic N) is 1. The van der Waals surface area contributed by atoms with Crippen molar-refractivity contribution in [3.05, 3.63) is 92.3 Å². The quantitative estimate of drug-likeness (QED) is 0.108. The monoisotopic (exact) mass is 810 g/mol. The van der Waals surface area contributed by atoms with E-state index in [-0.39, 0.29) is 27.3 Å². The van der Waals surface area contributed by atoms with Crippen LogP contribution in [0.15, 0.2) is 64.3 Å². The van der Waals surface area contributed by atoms with Crippen LogP contribution < -0.4 is 11.2 Å². The van der Waals surface area contributed by atoms with Gasteiger partial charge in [0, 0.05) is 17.3 Å². The molecule has 1 fully saturated rings. The highest BCUT2D eigenvalue weighted by Crippen LogP contribution is 2.46. The molecule has 4 atom stereocenters. The summed E-state index contributed by atoms with van der Waals surface area (Å²) >= 11 is 0. The van der Waals surface area contributed by atoms with E-state index in [4.69, 9.17) is 24.4 Å². The van der Waals surface area contributed by atoms with Gasteiger partial charge < -0.3 is 18.0 Å². The normalized spacial score (nSPS) is 19.9. The molecule has 1 aliphatic rings. The van der Waals surface area contributed by atoms with E-state index in [1.54, 1.807) is 0 Å². The van der Waals surface area contributed by atoms with Crippen molar-refractivity contribution >= 4 is 46.5 Å². The SMILES string of the molecule is C#Cc1cccc2cc3cccc(C#Cc4cn([C@@H]5O[C@H](CO[Si](C)(C)C(C)(C)C)[C@@H](O[Si](C)(C)C(C)(C)C)[C@H]5O[Si](C)(C)C(C)(C)C)c(=O)[nH]c4=O)c3cc12. The summed E-state index contributed by atoms with van der Waals surface area (Å²) < 4.78 is 29.7. The number of rotatable bonds is 8. The Kier molecular flexibility index (Phi) is 11.9. The molecule has 1 saturated heterocycles. The Morgan fingerprint density at radius 3 is 1.75 bits per heavy atom. The number of nitrogens with one attached hydrogen (secondary N) is 1. The molecule has 11 heteroatoms. The fourth-order valence-corrected chi connectivity index (χ4v) is 9.68. The van der Waals surface area contributed by atoms with Crippen LogP contribution in [-0.2, 0) is 18.0 Å². The third-order valence-corrected chi connectivity index (χ3v) is 26.2. The van der Waals surface area contributed by atoms with Gasteiger partial charge in [-0.25, -0.2) is 4.79 Å². The predicted octanol–water partition coefficient (Wildman–Crippen LogP) is 9.92. The first-order valence-electron chi connectivity index (χ1n) is 19.6. The van der Waals surface area contributed by atoms with Crippen LogP contribution in [0.2, 0.25) is 54.4 Å². The smallest absolute Gasteiger partial charge is 0.330 e. The van der Waals surface area contributed by atoms with Gasteiger partial charge in [-0.2, -0.15) is 0 Å². The number of hydrogen-bond donors (Lipinski definition) is 1. The highest BCUT2D eigenvalue weighted by molar-refractivity contribution is 6.75. The number of terminal acetylenes is 1. The molecule has 0 amide bonds. The Morgan fingerprint density at radius 2 is 1.21 bits per heavy atom. The molecule has 0 spiro atoms. The Bertz CT molecular complexity index is 2340. The highest BCUT2D eigenvalue weighted by atomic mass is 28.4. The fourth-order valence-electron chi connectivity index (χ4n) is 6.06. The van der Waals surface area contributed by atoms with Gasteiger partial charge in [-0.05, 0) is 100 Å². The average molecular weight is 811 g/mol. The molecule has 4 aromatic rings. The van der Waals surface area contributed by atoms with Crippen molar-refractivity contribution in [1.29, 1.82) is 0 Å². The number of benzene rings is 3. The zero-order valence-corrected chi connectivity index (χ0v) is 39.2. The summed E-state index contributed by atoms with van der Waals surface area (Å²) in [4.78, 5) is 29.9. The van der Waals surface area contributed by atoms with Crippen molar-refractivity contribution in [2.45, 2.75) is 141 Å². The summed E-state index contributed by atoms with van der Waals surface area (Å²) in [6, 6.07) is 16.0. The van der Waals surface area contributed by atoms with E-state index in [0.717, 1.165) is 32.7 Å². The standard InChI is InChI=1S/C45H62N2O6Si3/c1-17-30-20-18-22-32-26-33-23-19-21-31(36(33)27-35(30)32)24-25-34-28-47(42(49)46-40(34)48)41-39(53-56(15,16)45(8,9)10)38(52-55(13,14)44(5,6)7)37(51-41)29-50-54(11,12)43(2,3)4/h1,18-23,26-28,37-39,41H,29H2,2-16H3,(H,46,48,49)/t37-,38-,39-,41-/m1/s1. The van der Waals surface area contributed by atoms with Gasteiger partial charge in [-0.15, -0.1) is 6.42 Å². The molecule has 0 saturated carbocycles. The van der Waals surface area contributed by atoms with Gasteiger partial charge in [-0.1, -0.05) is 104 Å². The van der Waals surface area contributed by atoms with E-state index < -0.39 is 60.7 Å². The number of hydrogen-bond acceptors (Lipinski definition) is 6. The Morgan fingerprint density at radius 1 is 0.714 bits per heavy atom. The van der Waals surface area contributed by atoms with Gasteiger partial charge in [0.25, 0.3) is 5.56 Å². The minimum Gasteiger partial charge on any atom is -0.414 e. The summed E-state index contributed by atoms with van der Waals surface area (Å²) in [5.74, 6) is 9.11. The second-order valence-corrected chi connectivity index (χ2v) is 34.2. The second kappa shape index (κ2) is 15.3. The highest BCUT2D eigenvalue weighted by Gasteiger charge is 2.55. The van der Waals surface area contributed by atoms with E-state index in [2.05, 4.69) is 136 Å². The maximum Gasteiger partial charge on any atom is 0.330 e. The van der Waals surface area contributed by atoms with E-state index in [0.29, 0.717) is 0 Å². The molecule has 3 aromatic carbocycles. The van der Waals surface area contributed by atoms with Crippen LogP contribution in [0.25, 0.3) is 21.5 Å². The molecule has 8 nitrogen and oxygen atoms in total. The summed E-state index contributed by atoms with van der Waals surface area (Å²) in [5.41, 5.74) is 0.473. The third kappa shape index (κ3) is 8.80. The molecule has 0 radical (unpaired) electrons. The lowest BCUT2D eigenvalue weighted by Crippen LogP contribution is -2.55. The van der Waals surface area contributed by atoms with E-state index >= 15 is 0 Å². The first-order chi connectivity index (χ1) is 25.7. The number of fused-ring (bicyclic) bond motifs is 2. The molecule has 56 heavy (non-hydrogen) atoms. The molecule has 300 valence electrons. The minimum atomic E-state index is -2.48. The van der Waals surface area contributed by atoms with Crippen molar-refractivity contribution in [2.75, 3.05) is 6.61 Å². The van der Waals surface area contributed by atoms with Crippen LogP contribution in [-0.4, -0.2) is 59.4 Å². The second-order valence-electron chi connectivity index (χ2n) is 19.8. The first kappa shape index (κ1) is 43.6. The van der Waals surface area contributed by atoms with Gasteiger partial charge >= 0.3 is 5.69 Å². The van der Waals surface area contributed by atoms with Crippen LogP contribution in [0, 0.1) is 24.2 Å². The number of aromatic amines is 1. The van der Waals surface area contributed by atoms with Crippen molar-refractivity contribution in [3.63, 3.8) is 0 Å². The van der Waals surface area contributed by atoms with Gasteiger partial charge in [0.1, 0.15) is 23.9 Å². The van der Waals surface area contributed by atoms with Gasteiger partial charge in [0.2, 0.25) is 0 Å². The average Bonchev–Trinajstić information content (AvgIpc) is 3.39. The zero-order valence-electron chi connectivity index (χ0n) is 36.2. The lowest BCUT2D eigenvalue weighted by molar-refractivity contribution is -0.0510. The van der Waals surface area contributed by atoms with Crippen molar-refractivity contribution < 1.29 is 18.0 Å². The fraction of sp³-hybridized carbons (Fsp3) is 0.511. The number of ether oxygens (including phenoxy) is 1. The van der Waals surface area contributed by atoms with Gasteiger partial charge in [0.15, 0.2) is 31.2 Å². The summed E-state index contributed by atoms with van der Waals surface area (Å²) in [7, 11) is -7.11. The topological polar surface area (TPSA) is 91.8 Å². The Labute approximate surface area is 337 Å². The van der Waals surface area contributed by atoms with Crippen LogP contribution in [0.3, 0.4) is 0 Å². The minimum absolute atomic E-state index is 0.0258. The molecular formula is C45H62N2O6Si3. The van der Waals surface area contributed by atoms with Crippen LogP contribution in [0.4, 0.5) is 0 Å². The van der Waals surface area contributed by atoms with Crippen LogP contribution in [0.1, 0.15) is 85.2 Å². The van der Waals surface area contributed by atoms with E-state index in [1.165, 1.54) is 10.8 Å². The molecule has 0 unspecified atom stereocenters. The van der Waals surface area contributed by atoms with E-state index in [1.807, 2.05) is 36.4 Å². The largest absolute Gasteiger partial charge is 0.414 e. The third-order valence-electron chi connectivity index (χ3n) is 12.8. The van der Waals surface area contributed by atoms with Gasteiger partial charge in [0.05, 0.1) is 6.61 Å². The van der Waals surface area contributed by atoms with Crippen LogP contribution in [0.5, 0.6) is 0 Å². The molecule has 1 aliphatic heterocycles. The molecule has 2 heterocycles. The van der Waals surface area contributed by atoms with Crippen molar-refractivity contribution in [2.24, 2.45) is 0 Å². The maximum atomic E-state index is 13.9. The molecule has 1 N–H and O–H groups in total. The van der Waals surface area contributed by atoms with Crippen molar-refractivity contribution in [1.82, 2.24) is 9.55 Å². The predicted molar refractivity (Wildman–Crippen MR) is 238 cm³/mol. The maximum absolute atomic E-state index is 13.9. The Hall–Kier alpha value is -3.53. The number of H-pyrrole nitrogens is 1. The van der Waals surface area contributed by atoms with Crippen molar-refractivity contribution in [3.8, 4) is 24.2 Å². The van der Waals surface area contributed by atoms with Crippen LogP contribution >= 0.6 is 0 Å². The molecule has 0 bridgehead atoms. The Balaban J connectivity index is 1.65. The van der Waals surface area contributed by atoms with E-state index in [9.17, 15) is 9.59 Å². The van der Waals surface area contributed by atoms with Gasteiger partial charge in [-0.3, -0.25) is 14.3 Å². The summed E-state index contributed by atoms with van der Waals surface area (Å²) in [6.45, 7) is 33.4.